The van der Waals surface area contributed by atoms with Gasteiger partial charge in [-0.2, -0.15) is 0 Å². The van der Waals surface area contributed by atoms with Gasteiger partial charge in [-0.15, -0.1) is 0 Å². The molecule has 1 amide bonds. The van der Waals surface area contributed by atoms with Gasteiger partial charge in [0, 0.05) is 18.0 Å². The normalized spacial score (nSPS) is 10.4. The number of ether oxygens (including phenoxy) is 1. The zero-order valence-corrected chi connectivity index (χ0v) is 10.3. The van der Waals surface area contributed by atoms with Crippen molar-refractivity contribution in [1.29, 1.82) is 0 Å². The van der Waals surface area contributed by atoms with Crippen molar-refractivity contribution in [2.45, 2.75) is 0 Å². The monoisotopic (exact) mass is 269 g/mol. The Morgan fingerprint density at radius 3 is 2.80 bits per heavy atom. The summed E-state index contributed by atoms with van der Waals surface area (Å²) in [5, 5.41) is 0. The second-order valence-corrected chi connectivity index (χ2v) is 4.01. The number of hydrazine groups is 1. The molecule has 4 N–H and O–H groups in total. The second kappa shape index (κ2) is 4.98. The summed E-state index contributed by atoms with van der Waals surface area (Å²) in [5.41, 5.74) is 4.12. The Balaban J connectivity index is 2.07. The molecule has 2 heterocycles. The van der Waals surface area contributed by atoms with E-state index in [0.29, 0.717) is 17.1 Å². The van der Waals surface area contributed by atoms with Crippen LogP contribution < -0.4 is 16.0 Å². The van der Waals surface area contributed by atoms with Crippen LogP contribution in [0.5, 0.6) is 5.75 Å². The van der Waals surface area contributed by atoms with Crippen LogP contribution in [0.3, 0.4) is 0 Å². The number of pyridine rings is 1. The van der Waals surface area contributed by atoms with Crippen LogP contribution in [0.1, 0.15) is 0 Å². The lowest BCUT2D eigenvalue weighted by Gasteiger charge is -2.02. The molecule has 0 saturated heterocycles. The van der Waals surface area contributed by atoms with Crippen molar-refractivity contribution in [3.8, 4) is 17.1 Å². The highest BCUT2D eigenvalue weighted by Gasteiger charge is 2.11. The minimum Gasteiger partial charge on any atom is -0.407 e. The third-order valence-corrected chi connectivity index (χ3v) is 2.75. The molecule has 0 aliphatic heterocycles. The molecule has 7 heteroatoms. The molecule has 0 fully saturated rings. The van der Waals surface area contributed by atoms with E-state index in [1.807, 2.05) is 23.6 Å². The molecule has 0 atom stereocenters. The third kappa shape index (κ3) is 2.17. The van der Waals surface area contributed by atoms with Gasteiger partial charge in [-0.3, -0.25) is 10.4 Å². The Hall–Kier alpha value is -2.93. The van der Waals surface area contributed by atoms with Gasteiger partial charge in [0.1, 0.15) is 11.3 Å². The van der Waals surface area contributed by atoms with Crippen LogP contribution >= 0.6 is 0 Å². The van der Waals surface area contributed by atoms with Crippen LogP contribution in [-0.4, -0.2) is 21.0 Å². The quantitative estimate of drug-likeness (QED) is 0.372. The molecule has 0 aliphatic rings. The van der Waals surface area contributed by atoms with E-state index in [2.05, 4.69) is 15.0 Å². The van der Waals surface area contributed by atoms with E-state index in [4.69, 9.17) is 10.6 Å². The van der Waals surface area contributed by atoms with Crippen LogP contribution in [0.15, 0.2) is 42.7 Å². The maximum Gasteiger partial charge on any atom is 0.426 e. The van der Waals surface area contributed by atoms with Gasteiger partial charge in [0.15, 0.2) is 5.75 Å². The first kappa shape index (κ1) is 12.1. The van der Waals surface area contributed by atoms with Crippen LogP contribution in [0.2, 0.25) is 0 Å². The Morgan fingerprint density at radius 2 is 2.05 bits per heavy atom. The molecule has 2 aromatic heterocycles. The molecule has 0 aliphatic carbocycles. The fourth-order valence-corrected chi connectivity index (χ4v) is 1.86. The van der Waals surface area contributed by atoms with Gasteiger partial charge in [0.05, 0.1) is 5.52 Å². The predicted molar refractivity (Wildman–Crippen MR) is 72.7 cm³/mol. The molecule has 7 nitrogen and oxygen atoms in total. The fraction of sp³-hybridized carbons (Fsp3) is 0. The lowest BCUT2D eigenvalue weighted by Crippen LogP contribution is -2.32. The van der Waals surface area contributed by atoms with E-state index >= 15 is 0 Å². The van der Waals surface area contributed by atoms with E-state index < -0.39 is 6.09 Å². The highest BCUT2D eigenvalue weighted by Crippen LogP contribution is 2.27. The predicted octanol–water partition coefficient (Wildman–Crippen LogP) is 1.59. The van der Waals surface area contributed by atoms with Gasteiger partial charge in [-0.1, -0.05) is 6.07 Å². The zero-order chi connectivity index (χ0) is 13.9. The van der Waals surface area contributed by atoms with E-state index in [-0.39, 0.29) is 0 Å². The highest BCUT2D eigenvalue weighted by atomic mass is 16.6. The first-order valence-electron chi connectivity index (χ1n) is 5.85. The summed E-state index contributed by atoms with van der Waals surface area (Å²) >= 11 is 0. The molecule has 1 aromatic carbocycles. The smallest absolute Gasteiger partial charge is 0.407 e. The van der Waals surface area contributed by atoms with Crippen LogP contribution in [-0.2, 0) is 0 Å². The zero-order valence-electron chi connectivity index (χ0n) is 10.3. The number of fused-ring (bicyclic) bond motifs is 1. The summed E-state index contributed by atoms with van der Waals surface area (Å²) in [6, 6.07) is 8.93. The van der Waals surface area contributed by atoms with E-state index in [1.165, 1.54) is 0 Å². The van der Waals surface area contributed by atoms with Gasteiger partial charge in [-0.05, 0) is 24.3 Å². The van der Waals surface area contributed by atoms with E-state index in [0.717, 1.165) is 11.1 Å². The van der Waals surface area contributed by atoms with Gasteiger partial charge < -0.3 is 9.72 Å². The molecule has 0 spiro atoms. The molecule has 0 saturated carbocycles. The van der Waals surface area contributed by atoms with Crippen molar-refractivity contribution in [2.75, 3.05) is 0 Å². The molecule has 0 unspecified atom stereocenters. The van der Waals surface area contributed by atoms with Crippen molar-refractivity contribution < 1.29 is 9.53 Å². The number of para-hydroxylation sites is 1. The SMILES string of the molecule is NNC(=O)Oc1cccc2[nH]c(-c3ccncc3)nc12. The first-order chi connectivity index (χ1) is 9.78. The highest BCUT2D eigenvalue weighted by molar-refractivity contribution is 5.87. The number of rotatable bonds is 2. The van der Waals surface area contributed by atoms with Crippen LogP contribution in [0.25, 0.3) is 22.4 Å². The number of H-pyrrole nitrogens is 1. The number of hydrogen-bond acceptors (Lipinski definition) is 5. The summed E-state index contributed by atoms with van der Waals surface area (Å²) < 4.78 is 5.06. The number of benzene rings is 1. The van der Waals surface area contributed by atoms with E-state index in [1.54, 1.807) is 24.5 Å². The number of hydrogen-bond donors (Lipinski definition) is 3. The Morgan fingerprint density at radius 1 is 1.25 bits per heavy atom. The summed E-state index contributed by atoms with van der Waals surface area (Å²) in [6.45, 7) is 0. The van der Waals surface area contributed by atoms with Gasteiger partial charge in [0.25, 0.3) is 0 Å². The second-order valence-electron chi connectivity index (χ2n) is 4.01. The minimum atomic E-state index is -0.744. The lowest BCUT2D eigenvalue weighted by molar-refractivity contribution is 0.201. The van der Waals surface area contributed by atoms with Crippen molar-refractivity contribution >= 4 is 17.1 Å². The molecule has 3 aromatic rings. The summed E-state index contributed by atoms with van der Waals surface area (Å²) in [7, 11) is 0. The topological polar surface area (TPSA) is 106 Å². The van der Waals surface area contributed by atoms with E-state index in [9.17, 15) is 4.79 Å². The summed E-state index contributed by atoms with van der Waals surface area (Å²) in [6.07, 6.45) is 2.62. The standard InChI is InChI=1S/C13H11N5O2/c14-18-13(19)20-10-3-1-2-9-11(10)17-12(16-9)8-4-6-15-7-5-8/h1-7H,14H2,(H,16,17)(H,18,19). The average molecular weight is 269 g/mol. The maximum absolute atomic E-state index is 11.2. The number of aromatic amines is 1. The number of carbonyl (C=O) groups is 1. The summed E-state index contributed by atoms with van der Waals surface area (Å²) in [4.78, 5) is 22.8. The van der Waals surface area contributed by atoms with Crippen LogP contribution in [0.4, 0.5) is 4.79 Å². The van der Waals surface area contributed by atoms with Gasteiger partial charge >= 0.3 is 6.09 Å². The molecule has 0 radical (unpaired) electrons. The first-order valence-corrected chi connectivity index (χ1v) is 5.85. The fourth-order valence-electron chi connectivity index (χ4n) is 1.86. The lowest BCUT2D eigenvalue weighted by atomic mass is 10.2. The number of nitrogens with two attached hydrogens (primary N) is 1. The Bertz CT molecular complexity index is 754. The van der Waals surface area contributed by atoms with Crippen LogP contribution in [0, 0.1) is 0 Å². The Labute approximate surface area is 113 Å². The van der Waals surface area contributed by atoms with Gasteiger partial charge in [-0.25, -0.2) is 15.6 Å². The van der Waals surface area contributed by atoms with Gasteiger partial charge in [0.2, 0.25) is 0 Å². The maximum atomic E-state index is 11.2. The average Bonchev–Trinajstić information content (AvgIpc) is 2.93. The molecule has 0 bridgehead atoms. The number of amides is 1. The summed E-state index contributed by atoms with van der Waals surface area (Å²) in [5.74, 6) is 6.01. The molecular formula is C13H11N5O2. The van der Waals surface area contributed by atoms with Crippen molar-refractivity contribution in [3.05, 3.63) is 42.7 Å². The number of nitrogens with zero attached hydrogens (tertiary/aromatic N) is 2. The Kier molecular flexibility index (Phi) is 3.02. The molecule has 20 heavy (non-hydrogen) atoms. The van der Waals surface area contributed by atoms with Crippen molar-refractivity contribution in [3.63, 3.8) is 0 Å². The van der Waals surface area contributed by atoms with Crippen molar-refractivity contribution in [2.24, 2.45) is 5.84 Å². The number of imidazole rings is 1. The number of aromatic nitrogens is 3. The van der Waals surface area contributed by atoms with Crippen molar-refractivity contribution in [1.82, 2.24) is 20.4 Å². The number of nitrogens with one attached hydrogen (secondary N) is 2. The minimum absolute atomic E-state index is 0.335. The molecule has 3 rings (SSSR count). The molecule has 100 valence electrons. The third-order valence-electron chi connectivity index (χ3n) is 2.75. The molecular weight excluding hydrogens is 258 g/mol. The number of carbonyl (C=O) groups excluding carboxylic acids is 1. The largest absolute Gasteiger partial charge is 0.426 e.